The zero-order valence-electron chi connectivity index (χ0n) is 69.5. The van der Waals surface area contributed by atoms with Gasteiger partial charge in [-0.2, -0.15) is 33.8 Å². The van der Waals surface area contributed by atoms with E-state index in [4.69, 9.17) is 0 Å². The summed E-state index contributed by atoms with van der Waals surface area (Å²) >= 11 is 2.57. The van der Waals surface area contributed by atoms with Crippen molar-refractivity contribution < 1.29 is 67.1 Å². The molecule has 8 aromatic carbocycles. The summed E-state index contributed by atoms with van der Waals surface area (Å²) in [4.78, 5) is 200. The van der Waals surface area contributed by atoms with Gasteiger partial charge in [0, 0.05) is 61.5 Å². The first-order valence-corrected chi connectivity index (χ1v) is 43.2. The largest absolute Gasteiger partial charge is 0.343 e. The normalized spacial score (nSPS) is 23.8. The lowest BCUT2D eigenvalue weighted by atomic mass is 10.0. The molecular formula is C92H104N16O14S2. The summed E-state index contributed by atoms with van der Waals surface area (Å²) in [6, 6.07) is 49.5. The number of carbonyl (C=O) groups is 14. The minimum absolute atomic E-state index is 0.00165. The number of nitrogens with one attached hydrogen (secondary N) is 14. The Kier molecular flexibility index (Phi) is 34.9. The van der Waals surface area contributed by atoms with Gasteiger partial charge in [0.1, 0.15) is 84.6 Å². The molecule has 0 spiro atoms. The maximum absolute atomic E-state index is 14.7. The molecule has 0 bridgehead atoms. The Labute approximate surface area is 728 Å². The molecular weight excluding hydrogens is 1620 g/mol. The molecule has 0 radical (unpaired) electrons. The number of hydrogen-bond acceptors (Lipinski definition) is 18. The molecule has 14 amide bonds. The molecule has 2 heterocycles. The molecule has 0 unspecified atom stereocenters. The van der Waals surface area contributed by atoms with Crippen LogP contribution in [0.5, 0.6) is 0 Å². The van der Waals surface area contributed by atoms with E-state index >= 15 is 0 Å². The molecule has 10 rings (SSSR count). The van der Waals surface area contributed by atoms with Crippen molar-refractivity contribution in [3.05, 3.63) is 275 Å². The third kappa shape index (κ3) is 29.2. The fourth-order valence-corrected chi connectivity index (χ4v) is 15.4. The smallest absolute Gasteiger partial charge is 0.244 e. The average Bonchev–Trinajstić information content (AvgIpc) is 1.21. The lowest BCUT2D eigenvalue weighted by Gasteiger charge is -2.26. The van der Waals surface area contributed by atoms with Crippen LogP contribution in [0, 0.1) is 0 Å². The van der Waals surface area contributed by atoms with Crippen LogP contribution in [0.3, 0.4) is 0 Å². The highest BCUT2D eigenvalue weighted by molar-refractivity contribution is 7.98. The van der Waals surface area contributed by atoms with Crippen molar-refractivity contribution in [3.63, 3.8) is 0 Å². The molecule has 124 heavy (non-hydrogen) atoms. The van der Waals surface area contributed by atoms with Crippen LogP contribution in [0.4, 0.5) is 11.4 Å². The van der Waals surface area contributed by atoms with Crippen LogP contribution in [0.1, 0.15) is 86.1 Å². The van der Waals surface area contributed by atoms with Crippen LogP contribution in [0.2, 0.25) is 0 Å². The first-order valence-electron chi connectivity index (χ1n) is 40.9. The van der Waals surface area contributed by atoms with E-state index in [0.717, 1.165) is 11.1 Å². The zero-order valence-corrected chi connectivity index (χ0v) is 71.2. The number of thioether (sulfide) groups is 2. The van der Waals surface area contributed by atoms with E-state index in [2.05, 4.69) is 84.7 Å². The SMILES string of the molecule is C[C@H]1NC(=O)[C@H](Cc2ccccc2)NC(=O)[C@@H](C)NC(=O)[C@H](Cc2ccccc2)NC(=O)[C@@H](C)NC(=O)[C@H](CSCc2ccc(N=Nc3ccc(CSC[C@@H]4NC(=O)[C@H](Cc5ccccc5)NC(=O)[C@@H](C)NC(=O)[C@H](Cc5ccccc5)NC(=O)[C@@H](C)NC(=O)[C@H](Cc5ccccc5)NC(=O)[C@@H](C)NC4=O)cc3)cc2)NC(=O)[C@H](Cc2ccccc2)NC1=O. The monoisotopic (exact) mass is 1720 g/mol. The first-order chi connectivity index (χ1) is 59.7. The minimum atomic E-state index is -1.32. The van der Waals surface area contributed by atoms with Crippen LogP contribution in [0.15, 0.2) is 241 Å². The Balaban J connectivity index is 0.817. The number of azo groups is 1. The van der Waals surface area contributed by atoms with Gasteiger partial charge in [0.25, 0.3) is 0 Å². The molecule has 2 aliphatic rings. The van der Waals surface area contributed by atoms with Gasteiger partial charge in [-0.05, 0) is 110 Å². The molecule has 14 atom stereocenters. The predicted molar refractivity (Wildman–Crippen MR) is 471 cm³/mol. The molecule has 14 N–H and O–H groups in total. The van der Waals surface area contributed by atoms with E-state index in [1.165, 1.54) is 65.1 Å². The van der Waals surface area contributed by atoms with Crippen molar-refractivity contribution in [1.29, 1.82) is 0 Å². The van der Waals surface area contributed by atoms with Gasteiger partial charge in [-0.15, -0.1) is 0 Å². The Bertz CT molecular complexity index is 4720. The van der Waals surface area contributed by atoms with Crippen molar-refractivity contribution >= 4 is 118 Å². The van der Waals surface area contributed by atoms with Crippen molar-refractivity contribution in [3.8, 4) is 0 Å². The van der Waals surface area contributed by atoms with Gasteiger partial charge in [-0.3, -0.25) is 67.1 Å². The Hall–Kier alpha value is -13.4. The second-order valence-electron chi connectivity index (χ2n) is 30.6. The van der Waals surface area contributed by atoms with Crippen LogP contribution >= 0.6 is 23.5 Å². The molecule has 30 nitrogen and oxygen atoms in total. The van der Waals surface area contributed by atoms with E-state index in [1.54, 1.807) is 206 Å². The van der Waals surface area contributed by atoms with Crippen molar-refractivity contribution in [2.75, 3.05) is 11.5 Å². The molecule has 648 valence electrons. The summed E-state index contributed by atoms with van der Waals surface area (Å²) in [6.45, 7) is 8.54. The summed E-state index contributed by atoms with van der Waals surface area (Å²) in [6.07, 6.45) is -0.112. The maximum Gasteiger partial charge on any atom is 0.244 e. The van der Waals surface area contributed by atoms with Gasteiger partial charge in [-0.1, -0.05) is 206 Å². The highest BCUT2D eigenvalue weighted by Crippen LogP contribution is 2.24. The molecule has 2 saturated heterocycles. The fraction of sp³-hybridized carbons (Fsp3) is 0.326. The van der Waals surface area contributed by atoms with Gasteiger partial charge in [0.15, 0.2) is 0 Å². The van der Waals surface area contributed by atoms with Crippen molar-refractivity contribution in [1.82, 2.24) is 74.4 Å². The van der Waals surface area contributed by atoms with E-state index in [9.17, 15) is 67.1 Å². The standard InChI is InChI=1S/C92H104N16O14S2/c1-55-79(109)99-71(45-61-25-13-7-14-26-61)85(115)95-57(3)81(111)103-75(49-65-33-21-11-22-34-65)89(119)105-77(91(121)97-59(5)83(113)101-73(87(117)93-55)47-63-29-17-9-18-30-63)53-123-51-67-37-41-69(42-38-67)107-108-70-43-39-68(40-44-70)52-124-54-78-92(122)98-60(6)84(114)102-74(48-64-31-19-10-20-32-64)88(118)94-56(2)80(110)100-72(46-62-27-15-8-16-28-62)86(116)96-58(4)82(112)104-76(90(120)106-78)50-66-35-23-12-24-36-66/h7-44,55-60,71-78H,45-54H2,1-6H3,(H,93,117)(H,94,118)(H,95,115)(H,96,116)(H,97,121)(H,98,122)(H,99,109)(H,100,110)(H,101,113)(H,102,114)(H,103,111)(H,104,112)(H,105,119)(H,106,120)/t55-,56-,57-,58-,59-,60-,71+,72+,73+,74+,75+,76+,77+,78+/m1/s1. The summed E-state index contributed by atoms with van der Waals surface area (Å²) in [5.41, 5.74) is 6.58. The van der Waals surface area contributed by atoms with E-state index in [0.29, 0.717) is 56.3 Å². The highest BCUT2D eigenvalue weighted by atomic mass is 32.2. The number of rotatable bonds is 22. The minimum Gasteiger partial charge on any atom is -0.343 e. The van der Waals surface area contributed by atoms with Crippen molar-refractivity contribution in [2.45, 2.75) is 176 Å². The summed E-state index contributed by atoms with van der Waals surface area (Å²) < 4.78 is 0. The predicted octanol–water partition coefficient (Wildman–Crippen LogP) is 4.96. The van der Waals surface area contributed by atoms with Crippen LogP contribution in [-0.4, -0.2) is 179 Å². The van der Waals surface area contributed by atoms with E-state index in [-0.39, 0.29) is 50.0 Å². The van der Waals surface area contributed by atoms with Crippen molar-refractivity contribution in [2.24, 2.45) is 10.2 Å². The molecule has 0 aromatic heterocycles. The first kappa shape index (κ1) is 92.9. The molecule has 32 heteroatoms. The third-order valence-electron chi connectivity index (χ3n) is 20.5. The number of nitrogens with zero attached hydrogens (tertiary/aromatic N) is 2. The second-order valence-corrected chi connectivity index (χ2v) is 32.6. The third-order valence-corrected chi connectivity index (χ3v) is 22.7. The number of carbonyl (C=O) groups excluding carboxylic acids is 14. The summed E-state index contributed by atoms with van der Waals surface area (Å²) in [5.74, 6) is -9.94. The van der Waals surface area contributed by atoms with Gasteiger partial charge in [0.2, 0.25) is 82.7 Å². The van der Waals surface area contributed by atoms with Crippen LogP contribution in [-0.2, 0) is 117 Å². The number of hydrogen-bond donors (Lipinski definition) is 14. The molecule has 2 fully saturated rings. The quantitative estimate of drug-likeness (QED) is 0.0399. The Morgan fingerprint density at radius 1 is 0.194 bits per heavy atom. The number of amides is 14. The van der Waals surface area contributed by atoms with E-state index < -0.39 is 167 Å². The Morgan fingerprint density at radius 2 is 0.355 bits per heavy atom. The lowest BCUT2D eigenvalue weighted by molar-refractivity contribution is -0.134. The molecule has 0 aliphatic carbocycles. The molecule has 0 saturated carbocycles. The zero-order chi connectivity index (χ0) is 88.6. The summed E-state index contributed by atoms with van der Waals surface area (Å²) in [5, 5.41) is 47.2. The average molecular weight is 1720 g/mol. The molecule has 8 aromatic rings. The fourth-order valence-electron chi connectivity index (χ4n) is 13.3. The molecule has 2 aliphatic heterocycles. The highest BCUT2D eigenvalue weighted by Gasteiger charge is 2.38. The van der Waals surface area contributed by atoms with Gasteiger partial charge < -0.3 is 74.4 Å². The van der Waals surface area contributed by atoms with Crippen LogP contribution in [0.25, 0.3) is 0 Å². The van der Waals surface area contributed by atoms with Gasteiger partial charge in [0.05, 0.1) is 11.4 Å². The maximum atomic E-state index is 14.7. The van der Waals surface area contributed by atoms with Gasteiger partial charge >= 0.3 is 0 Å². The Morgan fingerprint density at radius 3 is 0.540 bits per heavy atom. The second kappa shape index (κ2) is 46.6. The van der Waals surface area contributed by atoms with Crippen LogP contribution < -0.4 is 74.4 Å². The topological polar surface area (TPSA) is 432 Å². The van der Waals surface area contributed by atoms with E-state index in [1.807, 2.05) is 24.3 Å². The lowest BCUT2D eigenvalue weighted by Crippen LogP contribution is -2.59. The van der Waals surface area contributed by atoms with Gasteiger partial charge in [-0.25, -0.2) is 0 Å². The summed E-state index contributed by atoms with van der Waals surface area (Å²) in [7, 11) is 0. The number of benzene rings is 8.